The smallest absolute Gasteiger partial charge is 0.224 e. The Hall–Kier alpha value is -3.60. The standard InChI is InChI=1S/C22H15NO4/c1-23(2)11-7-8-14-17(9-11)27-22-19-15(10-16(24)21(22)26)20(25)13-6-4-3-5-12(13)18(14)19/h3-10,26H,1-2H3. The van der Waals surface area contributed by atoms with Crippen LogP contribution >= 0.6 is 0 Å². The first-order valence-corrected chi connectivity index (χ1v) is 8.55. The minimum absolute atomic E-state index is 0.0544. The molecular weight excluding hydrogens is 342 g/mol. The van der Waals surface area contributed by atoms with Crippen molar-refractivity contribution in [1.82, 2.24) is 0 Å². The van der Waals surface area contributed by atoms with Crippen LogP contribution < -0.4 is 15.8 Å². The van der Waals surface area contributed by atoms with Crippen molar-refractivity contribution in [2.24, 2.45) is 0 Å². The normalized spacial score (nSPS) is 11.8. The van der Waals surface area contributed by atoms with Gasteiger partial charge in [0, 0.05) is 58.8 Å². The van der Waals surface area contributed by atoms with Crippen LogP contribution in [0.2, 0.25) is 0 Å². The Kier molecular flexibility index (Phi) is 3.01. The second-order valence-electron chi connectivity index (χ2n) is 6.90. The summed E-state index contributed by atoms with van der Waals surface area (Å²) in [6.07, 6.45) is 0. The molecule has 5 rings (SSSR count). The van der Waals surface area contributed by atoms with E-state index in [0.717, 1.165) is 21.8 Å². The summed E-state index contributed by atoms with van der Waals surface area (Å²) in [5.41, 5.74) is 0.664. The number of aromatic hydroxyl groups is 1. The molecule has 132 valence electrons. The van der Waals surface area contributed by atoms with Gasteiger partial charge in [-0.1, -0.05) is 24.3 Å². The van der Waals surface area contributed by atoms with E-state index in [2.05, 4.69) is 0 Å². The zero-order chi connectivity index (χ0) is 18.9. The van der Waals surface area contributed by atoms with Crippen LogP contribution in [0.1, 0.15) is 0 Å². The first-order chi connectivity index (χ1) is 13.0. The highest BCUT2D eigenvalue weighted by Crippen LogP contribution is 2.39. The van der Waals surface area contributed by atoms with Crippen molar-refractivity contribution >= 4 is 49.2 Å². The summed E-state index contributed by atoms with van der Waals surface area (Å²) >= 11 is 0. The van der Waals surface area contributed by atoms with Gasteiger partial charge in [-0.2, -0.15) is 0 Å². The molecule has 4 aromatic carbocycles. The van der Waals surface area contributed by atoms with Crippen molar-refractivity contribution in [3.05, 3.63) is 69.0 Å². The molecule has 0 aliphatic rings. The fourth-order valence-corrected chi connectivity index (χ4v) is 3.80. The zero-order valence-corrected chi connectivity index (χ0v) is 14.7. The average Bonchev–Trinajstić information content (AvgIpc) is 2.67. The zero-order valence-electron chi connectivity index (χ0n) is 14.7. The van der Waals surface area contributed by atoms with Gasteiger partial charge in [0.25, 0.3) is 0 Å². The third-order valence-corrected chi connectivity index (χ3v) is 5.12. The van der Waals surface area contributed by atoms with Crippen LogP contribution in [-0.4, -0.2) is 19.2 Å². The van der Waals surface area contributed by atoms with Gasteiger partial charge >= 0.3 is 0 Å². The van der Waals surface area contributed by atoms with E-state index in [4.69, 9.17) is 4.42 Å². The molecule has 1 aromatic heterocycles. The fourth-order valence-electron chi connectivity index (χ4n) is 3.80. The van der Waals surface area contributed by atoms with Gasteiger partial charge in [0.1, 0.15) is 5.58 Å². The lowest BCUT2D eigenvalue weighted by molar-refractivity contribution is 0.463. The largest absolute Gasteiger partial charge is 0.502 e. The molecule has 1 heterocycles. The molecule has 27 heavy (non-hydrogen) atoms. The molecule has 0 radical (unpaired) electrons. The quantitative estimate of drug-likeness (QED) is 0.365. The highest BCUT2D eigenvalue weighted by atomic mass is 16.4. The maximum Gasteiger partial charge on any atom is 0.224 e. The van der Waals surface area contributed by atoms with Crippen LogP contribution in [0.4, 0.5) is 5.69 Å². The monoisotopic (exact) mass is 357 g/mol. The van der Waals surface area contributed by atoms with Gasteiger partial charge in [-0.05, 0) is 17.5 Å². The second-order valence-corrected chi connectivity index (χ2v) is 6.90. The minimum Gasteiger partial charge on any atom is -0.502 e. The number of fused-ring (bicyclic) bond motifs is 4. The van der Waals surface area contributed by atoms with Crippen LogP contribution in [0, 0.1) is 0 Å². The summed E-state index contributed by atoms with van der Waals surface area (Å²) < 4.78 is 5.94. The number of phenolic OH excluding ortho intramolecular Hbond substituents is 1. The molecule has 0 amide bonds. The average molecular weight is 357 g/mol. The molecule has 0 spiro atoms. The summed E-state index contributed by atoms with van der Waals surface area (Å²) in [7, 11) is 3.84. The lowest BCUT2D eigenvalue weighted by Gasteiger charge is -2.15. The highest BCUT2D eigenvalue weighted by Gasteiger charge is 2.20. The van der Waals surface area contributed by atoms with E-state index in [1.54, 1.807) is 12.1 Å². The topological polar surface area (TPSA) is 70.8 Å². The molecule has 5 heteroatoms. The van der Waals surface area contributed by atoms with E-state index in [1.165, 1.54) is 6.07 Å². The molecule has 0 saturated carbocycles. The predicted octanol–water partition coefficient (Wildman–Crippen LogP) is 3.82. The van der Waals surface area contributed by atoms with Gasteiger partial charge < -0.3 is 14.4 Å². The lowest BCUT2D eigenvalue weighted by Crippen LogP contribution is -2.09. The van der Waals surface area contributed by atoms with Gasteiger partial charge in [-0.3, -0.25) is 9.59 Å². The molecule has 5 aromatic rings. The lowest BCUT2D eigenvalue weighted by atomic mass is 9.94. The Morgan fingerprint density at radius 2 is 1.59 bits per heavy atom. The molecule has 0 saturated heterocycles. The molecule has 0 fully saturated rings. The molecule has 0 aliphatic heterocycles. The highest BCUT2D eigenvalue weighted by molar-refractivity contribution is 6.28. The van der Waals surface area contributed by atoms with Gasteiger partial charge in [-0.25, -0.2) is 0 Å². The molecule has 0 atom stereocenters. The van der Waals surface area contributed by atoms with E-state index in [9.17, 15) is 14.7 Å². The Morgan fingerprint density at radius 1 is 0.852 bits per heavy atom. The van der Waals surface area contributed by atoms with Crippen LogP contribution in [0.15, 0.2) is 62.5 Å². The number of rotatable bonds is 1. The first-order valence-electron chi connectivity index (χ1n) is 8.55. The Morgan fingerprint density at radius 3 is 2.33 bits per heavy atom. The first kappa shape index (κ1) is 15.6. The van der Waals surface area contributed by atoms with E-state index < -0.39 is 11.2 Å². The van der Waals surface area contributed by atoms with Gasteiger partial charge in [0.15, 0.2) is 11.0 Å². The Labute approximate surface area is 153 Å². The Balaban J connectivity index is 2.20. The van der Waals surface area contributed by atoms with E-state index in [1.807, 2.05) is 49.3 Å². The van der Waals surface area contributed by atoms with Crippen molar-refractivity contribution in [3.63, 3.8) is 0 Å². The summed E-state index contributed by atoms with van der Waals surface area (Å²) in [4.78, 5) is 27.2. The van der Waals surface area contributed by atoms with E-state index in [0.29, 0.717) is 16.4 Å². The second kappa shape index (κ2) is 5.20. The van der Waals surface area contributed by atoms with Crippen LogP contribution in [0.25, 0.3) is 43.5 Å². The van der Waals surface area contributed by atoms with Crippen molar-refractivity contribution in [1.29, 1.82) is 0 Å². The van der Waals surface area contributed by atoms with Crippen LogP contribution in [-0.2, 0) is 0 Å². The summed E-state index contributed by atoms with van der Waals surface area (Å²) in [5, 5.41) is 14.1. The number of hydrogen-bond donors (Lipinski definition) is 1. The number of benzene rings is 4. The molecular formula is C22H15NO4. The van der Waals surface area contributed by atoms with Crippen molar-refractivity contribution in [2.75, 3.05) is 19.0 Å². The van der Waals surface area contributed by atoms with Gasteiger partial charge in [-0.15, -0.1) is 0 Å². The van der Waals surface area contributed by atoms with Gasteiger partial charge in [0.2, 0.25) is 11.2 Å². The predicted molar refractivity (Wildman–Crippen MR) is 108 cm³/mol. The molecule has 0 bridgehead atoms. The maximum absolute atomic E-state index is 13.0. The van der Waals surface area contributed by atoms with E-state index in [-0.39, 0.29) is 16.4 Å². The van der Waals surface area contributed by atoms with Crippen molar-refractivity contribution < 1.29 is 9.52 Å². The van der Waals surface area contributed by atoms with Crippen molar-refractivity contribution in [2.45, 2.75) is 0 Å². The summed E-state index contributed by atoms with van der Waals surface area (Å²) in [6.45, 7) is 0. The van der Waals surface area contributed by atoms with Crippen LogP contribution in [0.5, 0.6) is 5.75 Å². The third-order valence-electron chi connectivity index (χ3n) is 5.12. The van der Waals surface area contributed by atoms with Gasteiger partial charge in [0.05, 0.1) is 0 Å². The molecule has 0 unspecified atom stereocenters. The molecule has 5 nitrogen and oxygen atoms in total. The number of phenols is 1. The number of nitrogens with zero attached hydrogens (tertiary/aromatic N) is 1. The van der Waals surface area contributed by atoms with Crippen molar-refractivity contribution in [3.8, 4) is 5.75 Å². The van der Waals surface area contributed by atoms with E-state index >= 15 is 0 Å². The fraction of sp³-hybridized carbons (Fsp3) is 0.0909. The number of anilines is 1. The van der Waals surface area contributed by atoms with Crippen LogP contribution in [0.3, 0.4) is 0 Å². The molecule has 1 N–H and O–H groups in total. The minimum atomic E-state index is -0.622. The summed E-state index contributed by atoms with van der Waals surface area (Å²) in [6, 6.07) is 14.3. The third kappa shape index (κ3) is 1.99. The SMILES string of the molecule is CN(C)c1ccc2c(c1)oc1c(O)c(=O)cc3c(=O)c4ccccc4c2c13. The Bertz CT molecular complexity index is 1500. The summed E-state index contributed by atoms with van der Waals surface area (Å²) in [5.74, 6) is -0.473. The molecule has 0 aliphatic carbocycles. The number of hydrogen-bond acceptors (Lipinski definition) is 5. The maximum atomic E-state index is 13.0.